The van der Waals surface area contributed by atoms with Crippen molar-refractivity contribution in [3.8, 4) is 0 Å². The summed E-state index contributed by atoms with van der Waals surface area (Å²) in [7, 11) is 2.70. The Labute approximate surface area is 128 Å². The van der Waals surface area contributed by atoms with E-state index in [0.29, 0.717) is 0 Å². The predicted octanol–water partition coefficient (Wildman–Crippen LogP) is 2.55. The van der Waals surface area contributed by atoms with Gasteiger partial charge >= 0.3 is 6.16 Å². The molecule has 4 atom stereocenters. The van der Waals surface area contributed by atoms with Crippen molar-refractivity contribution in [3.05, 3.63) is 10.1 Å². The minimum Gasteiger partial charge on any atom is -0.424 e. The van der Waals surface area contributed by atoms with Crippen molar-refractivity contribution in [3.63, 3.8) is 0 Å². The Bertz CT molecular complexity index is 466. The van der Waals surface area contributed by atoms with Crippen molar-refractivity contribution in [2.45, 2.75) is 27.7 Å². The van der Waals surface area contributed by atoms with Crippen LogP contribution in [0.15, 0.2) is 10.1 Å². The summed E-state index contributed by atoms with van der Waals surface area (Å²) in [6, 6.07) is 0. The lowest BCUT2D eigenvalue weighted by atomic mass is 10.0. The molecular weight excluding hydrogens is 342 g/mol. The normalized spacial score (nSPS) is 46.3. The minimum absolute atomic E-state index is 0.0223. The summed E-state index contributed by atoms with van der Waals surface area (Å²) in [5, 5.41) is 0.0446. The summed E-state index contributed by atoms with van der Waals surface area (Å²) in [6.45, 7) is 0. The average molecular weight is 350 g/mol. The zero-order valence-corrected chi connectivity index (χ0v) is 12.7. The summed E-state index contributed by atoms with van der Waals surface area (Å²) in [5.41, 5.74) is 0. The molecule has 3 aliphatic rings. The monoisotopic (exact) mass is 348 g/mol. The fourth-order valence-corrected chi connectivity index (χ4v) is 5.13. The number of ether oxygens (including phenoxy) is 4. The van der Waals surface area contributed by atoms with Gasteiger partial charge in [-0.3, -0.25) is 0 Å². The molecule has 0 aromatic rings. The second-order valence-corrected chi connectivity index (χ2v) is 6.35. The maximum atomic E-state index is 11.3. The van der Waals surface area contributed by atoms with Gasteiger partial charge in [-0.05, 0) is 0 Å². The van der Waals surface area contributed by atoms with Crippen molar-refractivity contribution in [1.82, 2.24) is 0 Å². The zero-order chi connectivity index (χ0) is 14.2. The molecule has 0 aromatic heterocycles. The quantitative estimate of drug-likeness (QED) is 0.435. The van der Waals surface area contributed by atoms with Crippen LogP contribution in [-0.2, 0) is 18.9 Å². The molecule has 0 amide bonds. The molecule has 2 fully saturated rings. The van der Waals surface area contributed by atoms with Gasteiger partial charge in [-0.15, -0.1) is 23.2 Å². The van der Waals surface area contributed by atoms with Crippen LogP contribution in [-0.4, -0.2) is 48.1 Å². The lowest BCUT2D eigenvalue weighted by Crippen LogP contribution is -2.59. The van der Waals surface area contributed by atoms with Gasteiger partial charge in [0.1, 0.15) is 0 Å². The number of fused-ring (bicyclic) bond motifs is 5. The minimum atomic E-state index is -1.60. The van der Waals surface area contributed by atoms with Crippen molar-refractivity contribution in [1.29, 1.82) is 0 Å². The Kier molecular flexibility index (Phi) is 2.84. The molecule has 5 nitrogen and oxygen atoms in total. The first-order chi connectivity index (χ1) is 8.81. The van der Waals surface area contributed by atoms with Crippen LogP contribution in [0.2, 0.25) is 0 Å². The number of hydrogen-bond donors (Lipinski definition) is 0. The molecule has 1 aliphatic heterocycles. The van der Waals surface area contributed by atoms with E-state index in [-0.39, 0.29) is 10.1 Å². The van der Waals surface area contributed by atoms with Crippen LogP contribution in [0.4, 0.5) is 4.79 Å². The Morgan fingerprint density at radius 2 is 1.37 bits per heavy atom. The smallest absolute Gasteiger partial charge is 0.424 e. The summed E-state index contributed by atoms with van der Waals surface area (Å²) in [5.74, 6) is -1.60. The van der Waals surface area contributed by atoms with E-state index in [4.69, 9.17) is 65.4 Å². The van der Waals surface area contributed by atoms with Gasteiger partial charge in [0.05, 0.1) is 10.1 Å². The third-order valence-electron chi connectivity index (χ3n) is 3.87. The second kappa shape index (κ2) is 3.84. The first-order valence-corrected chi connectivity index (χ1v) is 6.74. The first-order valence-electron chi connectivity index (χ1n) is 5.23. The second-order valence-electron chi connectivity index (χ2n) is 4.40. The zero-order valence-electron chi connectivity index (χ0n) is 9.71. The van der Waals surface area contributed by atoms with Crippen LogP contribution >= 0.6 is 46.4 Å². The maximum Gasteiger partial charge on any atom is 0.509 e. The molecular formula is C10H8Cl4O5. The van der Waals surface area contributed by atoms with Crippen LogP contribution in [0.25, 0.3) is 0 Å². The molecule has 0 aromatic carbocycles. The number of halogens is 4. The number of hydrogen-bond acceptors (Lipinski definition) is 5. The molecule has 106 valence electrons. The van der Waals surface area contributed by atoms with Gasteiger partial charge in [0.15, 0.2) is 22.0 Å². The molecule has 2 bridgehead atoms. The van der Waals surface area contributed by atoms with E-state index in [1.54, 1.807) is 0 Å². The summed E-state index contributed by atoms with van der Waals surface area (Å²) >= 11 is 25.5. The van der Waals surface area contributed by atoms with E-state index in [1.165, 1.54) is 14.2 Å². The third-order valence-corrected chi connectivity index (χ3v) is 6.44. The first kappa shape index (κ1) is 14.0. The number of methoxy groups -OCH3 is 2. The van der Waals surface area contributed by atoms with Gasteiger partial charge in [0, 0.05) is 14.2 Å². The van der Waals surface area contributed by atoms with E-state index in [1.807, 2.05) is 0 Å². The summed E-state index contributed by atoms with van der Waals surface area (Å²) in [4.78, 5) is 8.19. The van der Waals surface area contributed by atoms with E-state index in [9.17, 15) is 4.79 Å². The largest absolute Gasteiger partial charge is 0.509 e. The van der Waals surface area contributed by atoms with Crippen molar-refractivity contribution in [2.75, 3.05) is 14.2 Å². The Balaban J connectivity index is 2.29. The number of carbonyl (C=O) groups is 1. The van der Waals surface area contributed by atoms with E-state index >= 15 is 0 Å². The molecule has 3 rings (SSSR count). The molecule has 0 unspecified atom stereocenters. The molecule has 0 N–H and O–H groups in total. The molecule has 1 heterocycles. The molecule has 1 saturated carbocycles. The summed E-state index contributed by atoms with van der Waals surface area (Å²) in [6.07, 6.45) is -2.79. The van der Waals surface area contributed by atoms with Crippen molar-refractivity contribution < 1.29 is 23.7 Å². The van der Waals surface area contributed by atoms with Gasteiger partial charge in [-0.2, -0.15) is 0 Å². The molecule has 1 saturated heterocycles. The van der Waals surface area contributed by atoms with Gasteiger partial charge in [-0.1, -0.05) is 23.2 Å². The van der Waals surface area contributed by atoms with E-state index < -0.39 is 33.9 Å². The SMILES string of the molecule is COC1(OC)[C@@]2(Cl)C(Cl)=C(Cl)[C@]1(Cl)[C@@H]1OC(=O)O[C@@H]12. The average Bonchev–Trinajstić information content (AvgIpc) is 2.89. The van der Waals surface area contributed by atoms with Gasteiger partial charge < -0.3 is 18.9 Å². The Hall–Kier alpha value is 0.0900. The van der Waals surface area contributed by atoms with E-state index in [2.05, 4.69) is 0 Å². The molecule has 2 aliphatic carbocycles. The topological polar surface area (TPSA) is 54.0 Å². The number of alkyl halides is 2. The molecule has 19 heavy (non-hydrogen) atoms. The Morgan fingerprint density at radius 1 is 1.00 bits per heavy atom. The van der Waals surface area contributed by atoms with Gasteiger partial charge in [-0.25, -0.2) is 4.79 Å². The highest BCUT2D eigenvalue weighted by Crippen LogP contribution is 2.71. The predicted molar refractivity (Wildman–Crippen MR) is 67.8 cm³/mol. The standard InChI is InChI=1S/C10H8Cl4O5/c1-16-10(17-2)8(13)3(11)4(12)9(10,14)6-5(8)18-7(15)19-6/h5-6H,1-2H3/t5-,6+,8+,9-. The maximum absolute atomic E-state index is 11.3. The van der Waals surface area contributed by atoms with Crippen LogP contribution in [0.5, 0.6) is 0 Å². The molecule has 9 heteroatoms. The van der Waals surface area contributed by atoms with Crippen molar-refractivity contribution in [2.24, 2.45) is 0 Å². The summed E-state index contributed by atoms with van der Waals surface area (Å²) < 4.78 is 20.9. The molecule has 0 radical (unpaired) electrons. The van der Waals surface area contributed by atoms with Crippen LogP contribution in [0, 0.1) is 0 Å². The lowest BCUT2D eigenvalue weighted by molar-refractivity contribution is -0.225. The highest BCUT2D eigenvalue weighted by atomic mass is 35.5. The number of rotatable bonds is 2. The van der Waals surface area contributed by atoms with E-state index in [0.717, 1.165) is 0 Å². The van der Waals surface area contributed by atoms with Gasteiger partial charge in [0.25, 0.3) is 0 Å². The Morgan fingerprint density at radius 3 is 1.68 bits per heavy atom. The fourth-order valence-electron chi connectivity index (χ4n) is 3.11. The fraction of sp³-hybridized carbons (Fsp3) is 0.700. The highest BCUT2D eigenvalue weighted by molar-refractivity contribution is 6.52. The highest BCUT2D eigenvalue weighted by Gasteiger charge is 2.89. The van der Waals surface area contributed by atoms with Gasteiger partial charge in [0.2, 0.25) is 5.79 Å². The van der Waals surface area contributed by atoms with Crippen LogP contribution in [0.3, 0.4) is 0 Å². The lowest BCUT2D eigenvalue weighted by Gasteiger charge is -2.40. The van der Waals surface area contributed by atoms with Crippen molar-refractivity contribution >= 4 is 52.6 Å². The van der Waals surface area contributed by atoms with Crippen LogP contribution < -0.4 is 0 Å². The third kappa shape index (κ3) is 1.14. The van der Waals surface area contributed by atoms with Crippen LogP contribution in [0.1, 0.15) is 0 Å². The molecule has 0 spiro atoms. The number of carbonyl (C=O) groups excluding carboxylic acids is 1.